The Morgan fingerprint density at radius 3 is 2.65 bits per heavy atom. The average Bonchev–Trinajstić information content (AvgIpc) is 2.78. The van der Waals surface area contributed by atoms with Crippen LogP contribution in [0.5, 0.6) is 5.75 Å². The number of amides is 1. The number of halogens is 1. The first-order valence-corrected chi connectivity index (χ1v) is 11.5. The Balaban J connectivity index is 1.38. The maximum atomic E-state index is 14.2. The molecule has 4 nitrogen and oxygen atoms in total. The lowest BCUT2D eigenvalue weighted by molar-refractivity contribution is -0.152. The molecular weight excluding hydrogens is 391 g/mol. The average molecular weight is 423 g/mol. The molecule has 0 spiro atoms. The monoisotopic (exact) mass is 422 g/mol. The number of fused-ring (bicyclic) bond motifs is 4. The maximum absolute atomic E-state index is 14.2. The van der Waals surface area contributed by atoms with Crippen molar-refractivity contribution >= 4 is 5.91 Å². The van der Waals surface area contributed by atoms with Gasteiger partial charge in [-0.25, -0.2) is 4.39 Å². The Hall–Kier alpha value is -2.40. The second-order valence-corrected chi connectivity index (χ2v) is 9.44. The molecule has 3 aliphatic heterocycles. The molecule has 2 aromatic carbocycles. The standard InChI is InChI=1S/C26H31FN2O2/c1-31-25-11-10-19(12-22(25)27)15-28-16-20-14-21(17-28)24(13-18-6-3-2-4-7-18)29-23(20)8-5-9-26(29)30/h2-4,6-7,10-12,20-21,23-24H,5,8-9,13-17H2,1H3/t20-,21+,23+,24+/m1/s1. The molecule has 3 aliphatic rings. The van der Waals surface area contributed by atoms with Crippen LogP contribution in [0.2, 0.25) is 0 Å². The summed E-state index contributed by atoms with van der Waals surface area (Å²) in [5.41, 5.74) is 2.28. The van der Waals surface area contributed by atoms with Crippen molar-refractivity contribution in [1.82, 2.24) is 9.80 Å². The largest absolute Gasteiger partial charge is 0.494 e. The Morgan fingerprint density at radius 2 is 1.87 bits per heavy atom. The second kappa shape index (κ2) is 8.62. The minimum atomic E-state index is -0.303. The van der Waals surface area contributed by atoms with E-state index in [4.69, 9.17) is 4.74 Å². The lowest BCUT2D eigenvalue weighted by Crippen LogP contribution is -2.65. The summed E-state index contributed by atoms with van der Waals surface area (Å²) in [7, 11) is 1.49. The third-order valence-corrected chi connectivity index (χ3v) is 7.48. The summed E-state index contributed by atoms with van der Waals surface area (Å²) in [6, 6.07) is 16.5. The number of piperidine rings is 3. The van der Waals surface area contributed by atoms with Crippen molar-refractivity contribution < 1.29 is 13.9 Å². The highest BCUT2D eigenvalue weighted by atomic mass is 19.1. The van der Waals surface area contributed by atoms with Gasteiger partial charge in [-0.1, -0.05) is 36.4 Å². The quantitative estimate of drug-likeness (QED) is 0.721. The highest BCUT2D eigenvalue weighted by Gasteiger charge is 2.49. The lowest BCUT2D eigenvalue weighted by atomic mass is 9.70. The van der Waals surface area contributed by atoms with Crippen LogP contribution < -0.4 is 4.74 Å². The van der Waals surface area contributed by atoms with Crippen molar-refractivity contribution in [3.05, 3.63) is 65.5 Å². The number of rotatable bonds is 5. The molecule has 4 atom stereocenters. The van der Waals surface area contributed by atoms with Crippen molar-refractivity contribution in [1.29, 1.82) is 0 Å². The second-order valence-electron chi connectivity index (χ2n) is 9.44. The smallest absolute Gasteiger partial charge is 0.223 e. The fourth-order valence-corrected chi connectivity index (χ4v) is 6.19. The number of benzene rings is 2. The zero-order valence-electron chi connectivity index (χ0n) is 18.2. The summed E-state index contributed by atoms with van der Waals surface area (Å²) in [6.07, 6.45) is 4.92. The van der Waals surface area contributed by atoms with Gasteiger partial charge >= 0.3 is 0 Å². The Morgan fingerprint density at radius 1 is 1.06 bits per heavy atom. The number of ether oxygens (including phenoxy) is 1. The van der Waals surface area contributed by atoms with Gasteiger partial charge in [0.2, 0.25) is 5.91 Å². The van der Waals surface area contributed by atoms with E-state index in [2.05, 4.69) is 34.1 Å². The summed E-state index contributed by atoms with van der Waals surface area (Å²) in [4.78, 5) is 17.7. The van der Waals surface area contributed by atoms with Gasteiger partial charge in [0.05, 0.1) is 7.11 Å². The summed E-state index contributed by atoms with van der Waals surface area (Å²) in [5, 5.41) is 0. The first kappa shape index (κ1) is 20.5. The van der Waals surface area contributed by atoms with Gasteiger partial charge in [0.1, 0.15) is 0 Å². The molecule has 3 heterocycles. The summed E-state index contributed by atoms with van der Waals surface area (Å²) < 4.78 is 19.3. The summed E-state index contributed by atoms with van der Waals surface area (Å²) in [5.74, 6) is 1.30. The number of hydrogen-bond donors (Lipinski definition) is 0. The fraction of sp³-hybridized carbons (Fsp3) is 0.500. The number of hydrogen-bond acceptors (Lipinski definition) is 3. The van der Waals surface area contributed by atoms with Gasteiger partial charge in [-0.2, -0.15) is 0 Å². The van der Waals surface area contributed by atoms with Crippen LogP contribution in [0.4, 0.5) is 4.39 Å². The maximum Gasteiger partial charge on any atom is 0.223 e. The Bertz CT molecular complexity index is 934. The first-order valence-electron chi connectivity index (χ1n) is 11.5. The Labute approximate surface area is 184 Å². The van der Waals surface area contributed by atoms with Crippen LogP contribution in [-0.4, -0.2) is 48.0 Å². The van der Waals surface area contributed by atoms with Crippen LogP contribution in [0, 0.1) is 17.7 Å². The molecule has 5 heteroatoms. The Kier molecular flexibility index (Phi) is 5.70. The van der Waals surface area contributed by atoms with Crippen molar-refractivity contribution in [2.75, 3.05) is 20.2 Å². The van der Waals surface area contributed by atoms with E-state index in [0.717, 1.165) is 44.5 Å². The molecule has 31 heavy (non-hydrogen) atoms. The molecular formula is C26H31FN2O2. The van der Waals surface area contributed by atoms with E-state index in [1.807, 2.05) is 12.1 Å². The zero-order valence-corrected chi connectivity index (χ0v) is 18.2. The third kappa shape index (κ3) is 4.08. The topological polar surface area (TPSA) is 32.8 Å². The van der Waals surface area contributed by atoms with Gasteiger partial charge in [0.15, 0.2) is 11.6 Å². The van der Waals surface area contributed by atoms with Crippen LogP contribution in [-0.2, 0) is 17.8 Å². The summed E-state index contributed by atoms with van der Waals surface area (Å²) in [6.45, 7) is 2.68. The van der Waals surface area contributed by atoms with Gasteiger partial charge in [-0.15, -0.1) is 0 Å². The molecule has 2 bridgehead atoms. The molecule has 0 N–H and O–H groups in total. The first-order chi connectivity index (χ1) is 15.1. The lowest BCUT2D eigenvalue weighted by Gasteiger charge is -2.57. The van der Waals surface area contributed by atoms with E-state index >= 15 is 0 Å². The van der Waals surface area contributed by atoms with Crippen LogP contribution in [0.3, 0.4) is 0 Å². The minimum absolute atomic E-state index is 0.256. The molecule has 0 aromatic heterocycles. The van der Waals surface area contributed by atoms with Gasteiger partial charge in [0, 0.05) is 38.1 Å². The molecule has 1 amide bonds. The van der Waals surface area contributed by atoms with Crippen molar-refractivity contribution in [2.24, 2.45) is 11.8 Å². The van der Waals surface area contributed by atoms with E-state index in [1.165, 1.54) is 19.1 Å². The van der Waals surface area contributed by atoms with Gasteiger partial charge in [-0.3, -0.25) is 9.69 Å². The van der Waals surface area contributed by atoms with E-state index in [9.17, 15) is 9.18 Å². The molecule has 0 unspecified atom stereocenters. The van der Waals surface area contributed by atoms with Gasteiger partial charge < -0.3 is 9.64 Å². The van der Waals surface area contributed by atoms with Gasteiger partial charge in [0.25, 0.3) is 0 Å². The highest BCUT2D eigenvalue weighted by molar-refractivity contribution is 5.78. The van der Waals surface area contributed by atoms with Crippen LogP contribution in [0.15, 0.2) is 48.5 Å². The minimum Gasteiger partial charge on any atom is -0.494 e. The predicted octanol–water partition coefficient (Wildman–Crippen LogP) is 4.28. The SMILES string of the molecule is COc1ccc(CN2C[C@H]3C[C@@H](C2)[C@H](Cc2ccccc2)N2C(=O)CCC[C@@H]32)cc1F. The molecule has 2 aromatic rings. The van der Waals surface area contributed by atoms with Crippen molar-refractivity contribution in [2.45, 2.75) is 50.7 Å². The van der Waals surface area contributed by atoms with E-state index in [0.29, 0.717) is 36.0 Å². The zero-order chi connectivity index (χ0) is 21.4. The predicted molar refractivity (Wildman–Crippen MR) is 118 cm³/mol. The van der Waals surface area contributed by atoms with E-state index in [-0.39, 0.29) is 11.9 Å². The number of carbonyl (C=O) groups is 1. The summed E-state index contributed by atoms with van der Waals surface area (Å²) >= 11 is 0. The fourth-order valence-electron chi connectivity index (χ4n) is 6.19. The third-order valence-electron chi connectivity index (χ3n) is 7.48. The van der Waals surface area contributed by atoms with Crippen LogP contribution >= 0.6 is 0 Å². The van der Waals surface area contributed by atoms with E-state index in [1.54, 1.807) is 12.1 Å². The molecule has 3 fully saturated rings. The number of nitrogens with zero attached hydrogens (tertiary/aromatic N) is 2. The van der Waals surface area contributed by atoms with Gasteiger partial charge in [-0.05, 0) is 60.8 Å². The molecule has 0 aliphatic carbocycles. The molecule has 164 valence electrons. The number of likely N-dealkylation sites (tertiary alicyclic amines) is 1. The van der Waals surface area contributed by atoms with Crippen molar-refractivity contribution in [3.8, 4) is 5.75 Å². The van der Waals surface area contributed by atoms with Crippen molar-refractivity contribution in [3.63, 3.8) is 0 Å². The molecule has 0 saturated carbocycles. The number of carbonyl (C=O) groups excluding carboxylic acids is 1. The molecule has 0 radical (unpaired) electrons. The molecule has 5 rings (SSSR count). The number of methoxy groups -OCH3 is 1. The highest BCUT2D eigenvalue weighted by Crippen LogP contribution is 2.43. The van der Waals surface area contributed by atoms with Crippen LogP contribution in [0.25, 0.3) is 0 Å². The van der Waals surface area contributed by atoms with Crippen LogP contribution in [0.1, 0.15) is 36.8 Å². The molecule has 3 saturated heterocycles. The van der Waals surface area contributed by atoms with E-state index < -0.39 is 0 Å². The normalized spacial score (nSPS) is 28.3.